The number of hydrogen-bond donors (Lipinski definition) is 0. The largest absolute Gasteiger partial charge is 0.496 e. The molecule has 0 amide bonds. The number of rotatable bonds is 12. The number of carbonyl (C=O) groups excluding carboxylic acids is 1. The Morgan fingerprint density at radius 3 is 2.39 bits per heavy atom. The van der Waals surface area contributed by atoms with Crippen LogP contribution in [0.1, 0.15) is 140 Å². The molecule has 0 radical (unpaired) electrons. The second-order valence-corrected chi connectivity index (χ2v) is 12.3. The van der Waals surface area contributed by atoms with Gasteiger partial charge in [0.2, 0.25) is 0 Å². The molecule has 1 aromatic carbocycles. The summed E-state index contributed by atoms with van der Waals surface area (Å²) in [5.74, 6) is 3.02. The summed E-state index contributed by atoms with van der Waals surface area (Å²) in [7, 11) is 1.71. The molecule has 2 aliphatic rings. The Bertz CT molecular complexity index is 1160. The van der Waals surface area contributed by atoms with Crippen molar-refractivity contribution in [2.24, 2.45) is 17.8 Å². The minimum atomic E-state index is 0. The second kappa shape index (κ2) is 17.3. The fourth-order valence-electron chi connectivity index (χ4n) is 6.83. The first-order chi connectivity index (χ1) is 20.0. The maximum Gasteiger partial charge on any atom is 0.163 e. The third-order valence-electron chi connectivity index (χ3n) is 9.04. The van der Waals surface area contributed by atoms with Crippen LogP contribution in [0.3, 0.4) is 0 Å². The lowest BCUT2D eigenvalue weighted by Gasteiger charge is -2.17. The van der Waals surface area contributed by atoms with Crippen molar-refractivity contribution in [2.75, 3.05) is 7.11 Å². The summed E-state index contributed by atoms with van der Waals surface area (Å²) in [6.07, 6.45) is 17.0. The molecule has 2 saturated carbocycles. The molecule has 41 heavy (non-hydrogen) atoms. The summed E-state index contributed by atoms with van der Waals surface area (Å²) in [5.41, 5.74) is 9.95. The van der Waals surface area contributed by atoms with Crippen molar-refractivity contribution in [2.45, 2.75) is 124 Å². The van der Waals surface area contributed by atoms with Gasteiger partial charge in [-0.05, 0) is 60.3 Å². The third-order valence-corrected chi connectivity index (χ3v) is 9.04. The smallest absolute Gasteiger partial charge is 0.163 e. The Hall–Kier alpha value is -2.64. The zero-order valence-corrected chi connectivity index (χ0v) is 26.7. The van der Waals surface area contributed by atoms with Crippen LogP contribution in [0, 0.1) is 17.8 Å². The van der Waals surface area contributed by atoms with E-state index in [0.717, 1.165) is 60.1 Å². The Labute approximate surface area is 253 Å². The van der Waals surface area contributed by atoms with Crippen LogP contribution in [0.4, 0.5) is 0 Å². The first-order valence-electron chi connectivity index (χ1n) is 16.5. The number of carbonyl (C=O) groups is 1. The lowest BCUT2D eigenvalue weighted by atomic mass is 9.88. The molecule has 228 valence electrons. The van der Waals surface area contributed by atoms with Gasteiger partial charge in [0.05, 0.1) is 7.11 Å². The van der Waals surface area contributed by atoms with Crippen molar-refractivity contribution in [1.82, 2.24) is 4.98 Å². The number of ether oxygens (including phenoxy) is 1. The Morgan fingerprint density at radius 1 is 1.02 bits per heavy atom. The molecule has 1 aromatic heterocycles. The van der Waals surface area contributed by atoms with Crippen molar-refractivity contribution in [1.29, 1.82) is 0 Å². The summed E-state index contributed by atoms with van der Waals surface area (Å²) in [5, 5.41) is 0. The van der Waals surface area contributed by atoms with Crippen LogP contribution >= 0.6 is 0 Å². The summed E-state index contributed by atoms with van der Waals surface area (Å²) in [6.45, 7) is 12.5. The molecular weight excluding hydrogens is 502 g/mol. The lowest BCUT2D eigenvalue weighted by molar-refractivity contribution is 0.0954. The number of pyridine rings is 1. The molecule has 3 heteroatoms. The summed E-state index contributed by atoms with van der Waals surface area (Å²) in [6, 6.07) is 10.5. The van der Waals surface area contributed by atoms with E-state index in [4.69, 9.17) is 9.72 Å². The zero-order chi connectivity index (χ0) is 29.6. The van der Waals surface area contributed by atoms with E-state index in [1.165, 1.54) is 74.6 Å². The molecule has 2 fully saturated rings. The fraction of sp³-hybridized carbons (Fsp3) is 0.605. The highest BCUT2D eigenvalue weighted by Gasteiger charge is 2.22. The molecule has 2 unspecified atom stereocenters. The van der Waals surface area contributed by atoms with Crippen molar-refractivity contribution in [3.8, 4) is 5.75 Å². The van der Waals surface area contributed by atoms with E-state index in [1.807, 2.05) is 26.0 Å². The highest BCUT2D eigenvalue weighted by atomic mass is 16.5. The summed E-state index contributed by atoms with van der Waals surface area (Å²) in [4.78, 5) is 18.4. The van der Waals surface area contributed by atoms with Crippen LogP contribution < -0.4 is 4.74 Å². The van der Waals surface area contributed by atoms with Crippen LogP contribution in [-0.4, -0.2) is 17.9 Å². The number of hydrogen-bond acceptors (Lipinski definition) is 3. The minimum Gasteiger partial charge on any atom is -0.496 e. The minimum absolute atomic E-state index is 0. The first kappa shape index (κ1) is 32.9. The molecule has 2 aliphatic carbocycles. The maximum atomic E-state index is 13.2. The van der Waals surface area contributed by atoms with Crippen LogP contribution in [0.25, 0.3) is 0 Å². The number of Topliss-reactive ketones (excluding diaryl/α,β-unsaturated/α-hetero) is 1. The molecule has 4 rings (SSSR count). The quantitative estimate of drug-likeness (QED) is 0.147. The van der Waals surface area contributed by atoms with Gasteiger partial charge in [0.25, 0.3) is 0 Å². The third kappa shape index (κ3) is 10.00. The zero-order valence-electron chi connectivity index (χ0n) is 26.7. The molecule has 1 heterocycles. The topological polar surface area (TPSA) is 39.2 Å². The number of nitrogens with zero attached hydrogens (tertiary/aromatic N) is 1. The standard InChI is InChI=1S/C36H49NO2.C2H6.2H2/c1-5-11-27(6-2)21-30-18-19-33(37-34(30)22-28-13-9-10-14-28)24-32-17-16-31(25-36(32)39-4)35(38)23-29-15-8-7-12-26(3)20-29;1-2;;/h16-19,25-26,28-29H,2,5,7-15,20-24H2,1,3-4H3;1-2H3;2*1H. The second-order valence-electron chi connectivity index (χ2n) is 12.3. The number of benzene rings is 1. The molecule has 0 aliphatic heterocycles. The molecule has 0 N–H and O–H groups in total. The predicted molar refractivity (Wildman–Crippen MR) is 177 cm³/mol. The number of methoxy groups -OCH3 is 1. The van der Waals surface area contributed by atoms with E-state index in [-0.39, 0.29) is 8.64 Å². The monoisotopic (exact) mass is 561 g/mol. The van der Waals surface area contributed by atoms with E-state index in [2.05, 4.69) is 44.4 Å². The van der Waals surface area contributed by atoms with Gasteiger partial charge in [-0.25, -0.2) is 0 Å². The van der Waals surface area contributed by atoms with Gasteiger partial charge in [-0.15, -0.1) is 5.73 Å². The highest BCUT2D eigenvalue weighted by Crippen LogP contribution is 2.32. The van der Waals surface area contributed by atoms with Crippen LogP contribution in [-0.2, 0) is 19.3 Å². The number of ketones is 1. The Kier molecular flexibility index (Phi) is 13.9. The average molecular weight is 562 g/mol. The van der Waals surface area contributed by atoms with E-state index >= 15 is 0 Å². The molecule has 2 atom stereocenters. The molecule has 0 saturated heterocycles. The molecular formula is C38H59NO2. The molecule has 0 bridgehead atoms. The van der Waals surface area contributed by atoms with Crippen LogP contribution in [0.2, 0.25) is 0 Å². The van der Waals surface area contributed by atoms with Gasteiger partial charge in [0, 0.05) is 44.6 Å². The molecule has 2 aromatic rings. The Morgan fingerprint density at radius 2 is 1.71 bits per heavy atom. The van der Waals surface area contributed by atoms with E-state index in [1.54, 1.807) is 7.11 Å². The normalized spacial score (nSPS) is 19.0. The molecule has 0 spiro atoms. The van der Waals surface area contributed by atoms with Gasteiger partial charge in [0.1, 0.15) is 5.75 Å². The number of aromatic nitrogens is 1. The Balaban J connectivity index is 0.00000226. The van der Waals surface area contributed by atoms with Gasteiger partial charge in [-0.3, -0.25) is 9.78 Å². The van der Waals surface area contributed by atoms with E-state index in [9.17, 15) is 4.79 Å². The van der Waals surface area contributed by atoms with Gasteiger partial charge in [0.15, 0.2) is 5.78 Å². The van der Waals surface area contributed by atoms with Gasteiger partial charge in [-0.2, -0.15) is 0 Å². The average Bonchev–Trinajstić information content (AvgIpc) is 3.41. The predicted octanol–water partition coefficient (Wildman–Crippen LogP) is 10.8. The lowest BCUT2D eigenvalue weighted by Crippen LogP contribution is -2.11. The first-order valence-corrected chi connectivity index (χ1v) is 16.5. The maximum absolute atomic E-state index is 13.2. The van der Waals surface area contributed by atoms with Gasteiger partial charge in [-0.1, -0.05) is 110 Å². The van der Waals surface area contributed by atoms with Gasteiger partial charge < -0.3 is 4.74 Å². The SMILES string of the molecule is C=C=C(CCC)Cc1ccc(Cc2ccc(C(=O)CC3CCCCC(C)C3)cc2OC)nc1CC1CCCC1.CC.[HH].[HH]. The molecule has 3 nitrogen and oxygen atoms in total. The summed E-state index contributed by atoms with van der Waals surface area (Å²) < 4.78 is 5.79. The highest BCUT2D eigenvalue weighted by molar-refractivity contribution is 5.96. The van der Waals surface area contributed by atoms with Crippen molar-refractivity contribution < 1.29 is 12.4 Å². The van der Waals surface area contributed by atoms with Gasteiger partial charge >= 0.3 is 0 Å². The van der Waals surface area contributed by atoms with Crippen molar-refractivity contribution >= 4 is 5.78 Å². The summed E-state index contributed by atoms with van der Waals surface area (Å²) >= 11 is 0. The van der Waals surface area contributed by atoms with Crippen LogP contribution in [0.5, 0.6) is 5.75 Å². The van der Waals surface area contributed by atoms with Crippen molar-refractivity contribution in [3.63, 3.8) is 0 Å². The van der Waals surface area contributed by atoms with E-state index < -0.39 is 0 Å². The van der Waals surface area contributed by atoms with Crippen molar-refractivity contribution in [3.05, 3.63) is 76.3 Å². The fourth-order valence-corrected chi connectivity index (χ4v) is 6.83. The van der Waals surface area contributed by atoms with E-state index in [0.29, 0.717) is 18.8 Å². The number of allylic oxidation sites excluding steroid dienone is 1. The van der Waals surface area contributed by atoms with Crippen LogP contribution in [0.15, 0.2) is 48.2 Å².